The molecule has 0 bridgehead atoms. The van der Waals surface area contributed by atoms with Gasteiger partial charge in [0.05, 0.1) is 5.56 Å². The minimum Gasteiger partial charge on any atom is -0.480 e. The van der Waals surface area contributed by atoms with Crippen LogP contribution in [0.15, 0.2) is 40.6 Å². The van der Waals surface area contributed by atoms with Gasteiger partial charge in [0.15, 0.2) is 0 Å². The second kappa shape index (κ2) is 6.76. The summed E-state index contributed by atoms with van der Waals surface area (Å²) in [5.74, 6) is -0.902. The zero-order valence-electron chi connectivity index (χ0n) is 12.7. The molecule has 1 aliphatic rings. The van der Waals surface area contributed by atoms with E-state index in [1.807, 2.05) is 23.1 Å². The minimum absolute atomic E-state index is 0.0254. The number of aliphatic carboxylic acids is 1. The molecule has 6 heteroatoms. The maximum absolute atomic E-state index is 12.9. The maximum Gasteiger partial charge on any atom is 0.316 e. The van der Waals surface area contributed by atoms with Crippen molar-refractivity contribution >= 4 is 35.0 Å². The number of carbonyl (C=O) groups is 2. The van der Waals surface area contributed by atoms with Crippen molar-refractivity contribution in [2.45, 2.75) is 30.0 Å². The molecule has 3 rings (SSSR count). The first-order chi connectivity index (χ1) is 11.1. The van der Waals surface area contributed by atoms with E-state index in [2.05, 4.69) is 11.4 Å². The lowest BCUT2D eigenvalue weighted by Gasteiger charge is -2.27. The molecule has 1 amide bonds. The summed E-state index contributed by atoms with van der Waals surface area (Å²) in [5.41, 5.74) is 1.81. The number of carboxylic acids is 1. The van der Waals surface area contributed by atoms with Gasteiger partial charge in [0, 0.05) is 22.9 Å². The van der Waals surface area contributed by atoms with Gasteiger partial charge < -0.3 is 10.0 Å². The van der Waals surface area contributed by atoms with Crippen LogP contribution in [0.3, 0.4) is 0 Å². The summed E-state index contributed by atoms with van der Waals surface area (Å²) in [6, 6.07) is 9.33. The Kier molecular flexibility index (Phi) is 4.73. The highest BCUT2D eigenvalue weighted by atomic mass is 32.2. The number of nitrogens with zero attached hydrogens (tertiary/aromatic N) is 1. The molecule has 1 aromatic carbocycles. The average molecular weight is 347 g/mol. The SMILES string of the molecule is CC(Sc1ccccc1C(=O)N1CCc2sccc2C1)C(=O)O. The Morgan fingerprint density at radius 2 is 2.09 bits per heavy atom. The summed E-state index contributed by atoms with van der Waals surface area (Å²) in [6.07, 6.45) is 0.888. The fourth-order valence-corrected chi connectivity index (χ4v) is 4.39. The van der Waals surface area contributed by atoms with Crippen molar-refractivity contribution in [1.29, 1.82) is 0 Å². The molecule has 1 atom stereocenters. The van der Waals surface area contributed by atoms with E-state index >= 15 is 0 Å². The van der Waals surface area contributed by atoms with E-state index in [4.69, 9.17) is 5.11 Å². The molecule has 0 saturated heterocycles. The molecule has 0 aliphatic carbocycles. The lowest BCUT2D eigenvalue weighted by Crippen LogP contribution is -2.35. The van der Waals surface area contributed by atoms with Gasteiger partial charge in [-0.1, -0.05) is 12.1 Å². The highest BCUT2D eigenvalue weighted by molar-refractivity contribution is 8.00. The van der Waals surface area contributed by atoms with Crippen molar-refractivity contribution in [2.75, 3.05) is 6.54 Å². The topological polar surface area (TPSA) is 57.6 Å². The molecule has 1 aliphatic heterocycles. The number of carboxylic acid groups (broad SMARTS) is 1. The Bertz CT molecular complexity index is 741. The van der Waals surface area contributed by atoms with Crippen molar-refractivity contribution < 1.29 is 14.7 Å². The summed E-state index contributed by atoms with van der Waals surface area (Å²) < 4.78 is 0. The Labute approximate surface area is 143 Å². The smallest absolute Gasteiger partial charge is 0.316 e. The van der Waals surface area contributed by atoms with Gasteiger partial charge in [-0.25, -0.2) is 0 Å². The van der Waals surface area contributed by atoms with Gasteiger partial charge >= 0.3 is 5.97 Å². The van der Waals surface area contributed by atoms with Crippen LogP contribution in [0.2, 0.25) is 0 Å². The highest BCUT2D eigenvalue weighted by Gasteiger charge is 2.25. The number of carbonyl (C=O) groups excluding carboxylic acids is 1. The van der Waals surface area contributed by atoms with Gasteiger partial charge in [-0.05, 0) is 42.5 Å². The Hall–Kier alpha value is -1.79. The molecule has 2 aromatic rings. The van der Waals surface area contributed by atoms with E-state index in [0.29, 0.717) is 18.7 Å². The van der Waals surface area contributed by atoms with Gasteiger partial charge in [0.2, 0.25) is 0 Å². The Morgan fingerprint density at radius 1 is 1.30 bits per heavy atom. The molecule has 2 heterocycles. The van der Waals surface area contributed by atoms with Gasteiger partial charge in [0.25, 0.3) is 5.91 Å². The first-order valence-electron chi connectivity index (χ1n) is 7.39. The van der Waals surface area contributed by atoms with E-state index < -0.39 is 11.2 Å². The van der Waals surface area contributed by atoms with Crippen LogP contribution in [0.1, 0.15) is 27.7 Å². The summed E-state index contributed by atoms with van der Waals surface area (Å²) >= 11 is 2.96. The molecule has 1 unspecified atom stereocenters. The highest BCUT2D eigenvalue weighted by Crippen LogP contribution is 2.30. The third-order valence-corrected chi connectivity index (χ3v) is 6.05. The van der Waals surface area contributed by atoms with E-state index in [9.17, 15) is 9.59 Å². The molecule has 0 fully saturated rings. The number of thioether (sulfide) groups is 1. The number of thiophene rings is 1. The largest absolute Gasteiger partial charge is 0.480 e. The van der Waals surface area contributed by atoms with Crippen LogP contribution in [0.25, 0.3) is 0 Å². The summed E-state index contributed by atoms with van der Waals surface area (Å²) in [4.78, 5) is 27.9. The van der Waals surface area contributed by atoms with Gasteiger partial charge in [-0.15, -0.1) is 23.1 Å². The number of amides is 1. The molecule has 120 valence electrons. The van der Waals surface area contributed by atoms with Crippen molar-refractivity contribution in [2.24, 2.45) is 0 Å². The van der Waals surface area contributed by atoms with E-state index in [-0.39, 0.29) is 5.91 Å². The Balaban J connectivity index is 1.82. The maximum atomic E-state index is 12.9. The molecular weight excluding hydrogens is 330 g/mol. The molecule has 4 nitrogen and oxygen atoms in total. The third kappa shape index (κ3) is 3.43. The zero-order valence-corrected chi connectivity index (χ0v) is 14.3. The normalized spacial score (nSPS) is 15.1. The van der Waals surface area contributed by atoms with Crippen molar-refractivity contribution in [3.63, 3.8) is 0 Å². The van der Waals surface area contributed by atoms with Crippen molar-refractivity contribution in [3.8, 4) is 0 Å². The number of hydrogen-bond donors (Lipinski definition) is 1. The quantitative estimate of drug-likeness (QED) is 0.860. The molecule has 0 saturated carbocycles. The van der Waals surface area contributed by atoms with Crippen LogP contribution in [0, 0.1) is 0 Å². The molecule has 0 radical (unpaired) electrons. The summed E-state index contributed by atoms with van der Waals surface area (Å²) in [5, 5.41) is 10.6. The van der Waals surface area contributed by atoms with Crippen LogP contribution in [0.4, 0.5) is 0 Å². The van der Waals surface area contributed by atoms with E-state index in [1.165, 1.54) is 22.2 Å². The third-order valence-electron chi connectivity index (χ3n) is 3.86. The molecule has 1 N–H and O–H groups in total. The van der Waals surface area contributed by atoms with Crippen LogP contribution in [0.5, 0.6) is 0 Å². The lowest BCUT2D eigenvalue weighted by atomic mass is 10.1. The molecule has 23 heavy (non-hydrogen) atoms. The number of fused-ring (bicyclic) bond motifs is 1. The van der Waals surface area contributed by atoms with Gasteiger partial charge in [-0.2, -0.15) is 0 Å². The monoisotopic (exact) mass is 347 g/mol. The predicted molar refractivity (Wildman–Crippen MR) is 92.2 cm³/mol. The molecular formula is C17H17NO3S2. The summed E-state index contributed by atoms with van der Waals surface area (Å²) in [7, 11) is 0. The second-order valence-corrected chi connectivity index (χ2v) is 7.82. The minimum atomic E-state index is -0.877. The van der Waals surface area contributed by atoms with Gasteiger partial charge in [-0.3, -0.25) is 9.59 Å². The van der Waals surface area contributed by atoms with Crippen LogP contribution in [-0.4, -0.2) is 33.7 Å². The number of benzene rings is 1. The lowest BCUT2D eigenvalue weighted by molar-refractivity contribution is -0.136. The number of rotatable bonds is 4. The Morgan fingerprint density at radius 3 is 2.87 bits per heavy atom. The average Bonchev–Trinajstić information content (AvgIpc) is 3.02. The number of hydrogen-bond acceptors (Lipinski definition) is 4. The zero-order chi connectivity index (χ0) is 16.4. The fourth-order valence-electron chi connectivity index (χ4n) is 2.58. The van der Waals surface area contributed by atoms with Gasteiger partial charge in [0.1, 0.15) is 5.25 Å². The standard InChI is InChI=1S/C17H17NO3S2/c1-11(17(20)21)23-15-5-3-2-4-13(15)16(19)18-8-6-14-12(10-18)7-9-22-14/h2-5,7,9,11H,6,8,10H2,1H3,(H,20,21). The first-order valence-corrected chi connectivity index (χ1v) is 9.15. The van der Waals surface area contributed by atoms with E-state index in [0.717, 1.165) is 11.3 Å². The summed E-state index contributed by atoms with van der Waals surface area (Å²) in [6.45, 7) is 2.97. The molecule has 0 spiro atoms. The van der Waals surface area contributed by atoms with Crippen molar-refractivity contribution in [3.05, 3.63) is 51.7 Å². The second-order valence-electron chi connectivity index (χ2n) is 5.44. The first kappa shape index (κ1) is 16.1. The van der Waals surface area contributed by atoms with Crippen LogP contribution < -0.4 is 0 Å². The van der Waals surface area contributed by atoms with Crippen molar-refractivity contribution in [1.82, 2.24) is 4.90 Å². The fraction of sp³-hybridized carbons (Fsp3) is 0.294. The van der Waals surface area contributed by atoms with Crippen LogP contribution >= 0.6 is 23.1 Å². The van der Waals surface area contributed by atoms with E-state index in [1.54, 1.807) is 24.3 Å². The predicted octanol–water partition coefficient (Wildman–Crippen LogP) is 3.51. The molecule has 1 aromatic heterocycles. The van der Waals surface area contributed by atoms with Crippen LogP contribution in [-0.2, 0) is 17.8 Å².